The minimum atomic E-state index is -4.58. The molecule has 1 aromatic carbocycles. The molecule has 2 aromatic rings. The van der Waals surface area contributed by atoms with Crippen LogP contribution in [0.2, 0.25) is 0 Å². The topological polar surface area (TPSA) is 42.1 Å². The van der Waals surface area contributed by atoms with Gasteiger partial charge in [-0.1, -0.05) is 12.1 Å². The Balaban J connectivity index is 2.75. The van der Waals surface area contributed by atoms with Crippen LogP contribution < -0.4 is 5.43 Å². The number of methoxy groups -OCH3 is 1. The van der Waals surface area contributed by atoms with E-state index in [1.54, 1.807) is 12.1 Å². The highest BCUT2D eigenvalue weighted by atomic mass is 19.4. The maximum Gasteiger partial charge on any atom is 0.431 e. The zero-order valence-corrected chi connectivity index (χ0v) is 11.1. The van der Waals surface area contributed by atoms with E-state index in [1.165, 1.54) is 20.1 Å². The van der Waals surface area contributed by atoms with Crippen LogP contribution in [0.3, 0.4) is 0 Å². The lowest BCUT2D eigenvalue weighted by atomic mass is 10.0. The normalized spacial score (nSPS) is 12.1. The second-order valence-corrected chi connectivity index (χ2v) is 4.53. The molecule has 0 radical (unpaired) electrons. The Labute approximate surface area is 113 Å². The molecule has 1 N–H and O–H groups in total. The maximum absolute atomic E-state index is 12.9. The standard InChI is InChI=1S/C14H14F3NO2/c1-8-12(19)10-5-3-4-9(6-7-20-2)11(10)18-13(8)14(15,16)17/h3-5H,6-7H2,1-2H3,(H,18,19). The fourth-order valence-corrected chi connectivity index (χ4v) is 2.18. The zero-order chi connectivity index (χ0) is 14.9. The molecule has 0 unspecified atom stereocenters. The predicted molar refractivity (Wildman–Crippen MR) is 69.9 cm³/mol. The van der Waals surface area contributed by atoms with Gasteiger partial charge < -0.3 is 9.72 Å². The number of aromatic nitrogens is 1. The lowest BCUT2D eigenvalue weighted by Gasteiger charge is -2.13. The molecule has 0 saturated heterocycles. The smallest absolute Gasteiger partial charge is 0.384 e. The number of aromatic amines is 1. The summed E-state index contributed by atoms with van der Waals surface area (Å²) < 4.78 is 43.8. The number of rotatable bonds is 3. The molecule has 6 heteroatoms. The largest absolute Gasteiger partial charge is 0.431 e. The number of pyridine rings is 1. The van der Waals surface area contributed by atoms with Crippen molar-refractivity contribution in [3.05, 3.63) is 45.2 Å². The number of H-pyrrole nitrogens is 1. The molecule has 0 aliphatic rings. The second kappa shape index (κ2) is 5.28. The van der Waals surface area contributed by atoms with Crippen molar-refractivity contribution in [2.24, 2.45) is 0 Å². The number of benzene rings is 1. The molecule has 2 rings (SSSR count). The van der Waals surface area contributed by atoms with Crippen LogP contribution in [0.25, 0.3) is 10.9 Å². The number of hydrogen-bond donors (Lipinski definition) is 1. The van der Waals surface area contributed by atoms with E-state index in [0.717, 1.165) is 0 Å². The maximum atomic E-state index is 12.9. The average molecular weight is 285 g/mol. The van der Waals surface area contributed by atoms with Crippen LogP contribution in [-0.4, -0.2) is 18.7 Å². The van der Waals surface area contributed by atoms with Gasteiger partial charge in [-0.05, 0) is 25.0 Å². The van der Waals surface area contributed by atoms with Crippen LogP contribution in [-0.2, 0) is 17.3 Å². The van der Waals surface area contributed by atoms with E-state index in [4.69, 9.17) is 4.74 Å². The minimum Gasteiger partial charge on any atom is -0.384 e. The molecule has 0 aliphatic carbocycles. The molecule has 1 heterocycles. The molecule has 0 atom stereocenters. The summed E-state index contributed by atoms with van der Waals surface area (Å²) in [6.07, 6.45) is -4.14. The van der Waals surface area contributed by atoms with Crippen molar-refractivity contribution in [1.82, 2.24) is 4.98 Å². The molecule has 0 aliphatic heterocycles. The van der Waals surface area contributed by atoms with E-state index < -0.39 is 17.3 Å². The Morgan fingerprint density at radius 3 is 2.60 bits per heavy atom. The molecular formula is C14H14F3NO2. The number of alkyl halides is 3. The quantitative estimate of drug-likeness (QED) is 0.941. The van der Waals surface area contributed by atoms with Crippen molar-refractivity contribution in [2.45, 2.75) is 19.5 Å². The molecule has 3 nitrogen and oxygen atoms in total. The number of halogens is 3. The first-order valence-electron chi connectivity index (χ1n) is 6.07. The number of fused-ring (bicyclic) bond motifs is 1. The number of hydrogen-bond acceptors (Lipinski definition) is 2. The molecular weight excluding hydrogens is 271 g/mol. The Kier molecular flexibility index (Phi) is 3.85. The summed E-state index contributed by atoms with van der Waals surface area (Å²) in [4.78, 5) is 14.4. The fourth-order valence-electron chi connectivity index (χ4n) is 2.18. The number of para-hydroxylation sites is 1. The van der Waals surface area contributed by atoms with Crippen LogP contribution in [0.1, 0.15) is 16.8 Å². The van der Waals surface area contributed by atoms with Crippen LogP contribution in [0.15, 0.2) is 23.0 Å². The van der Waals surface area contributed by atoms with Gasteiger partial charge in [0.1, 0.15) is 5.69 Å². The van der Waals surface area contributed by atoms with Gasteiger partial charge >= 0.3 is 6.18 Å². The second-order valence-electron chi connectivity index (χ2n) is 4.53. The third kappa shape index (κ3) is 2.56. The molecule has 108 valence electrons. The Morgan fingerprint density at radius 2 is 2.00 bits per heavy atom. The monoisotopic (exact) mass is 285 g/mol. The molecule has 1 aromatic heterocycles. The van der Waals surface area contributed by atoms with Crippen LogP contribution in [0.5, 0.6) is 0 Å². The number of ether oxygens (including phenoxy) is 1. The SMILES string of the molecule is COCCc1cccc2c(=O)c(C)c(C(F)(F)F)[nH]c12. The Morgan fingerprint density at radius 1 is 1.30 bits per heavy atom. The third-order valence-corrected chi connectivity index (χ3v) is 3.22. The van der Waals surface area contributed by atoms with Gasteiger partial charge in [0.05, 0.1) is 12.1 Å². The van der Waals surface area contributed by atoms with Crippen LogP contribution in [0, 0.1) is 6.92 Å². The van der Waals surface area contributed by atoms with Crippen molar-refractivity contribution in [3.8, 4) is 0 Å². The van der Waals surface area contributed by atoms with Gasteiger partial charge in [0.15, 0.2) is 5.43 Å². The molecule has 20 heavy (non-hydrogen) atoms. The predicted octanol–water partition coefficient (Wildman–Crippen LogP) is 3.04. The lowest BCUT2D eigenvalue weighted by molar-refractivity contribution is -0.141. The van der Waals surface area contributed by atoms with E-state index in [1.807, 2.05) is 0 Å². The van der Waals surface area contributed by atoms with Gasteiger partial charge in [-0.25, -0.2) is 0 Å². The fraction of sp³-hybridized carbons (Fsp3) is 0.357. The third-order valence-electron chi connectivity index (χ3n) is 3.22. The van der Waals surface area contributed by atoms with Crippen molar-refractivity contribution in [2.75, 3.05) is 13.7 Å². The van der Waals surface area contributed by atoms with E-state index in [0.29, 0.717) is 18.6 Å². The van der Waals surface area contributed by atoms with E-state index in [2.05, 4.69) is 4.98 Å². The lowest BCUT2D eigenvalue weighted by Crippen LogP contribution is -2.19. The van der Waals surface area contributed by atoms with Gasteiger partial charge in [0, 0.05) is 18.1 Å². The summed E-state index contributed by atoms with van der Waals surface area (Å²) in [6, 6.07) is 4.87. The Hall–Kier alpha value is -1.82. The molecule has 0 amide bonds. The highest BCUT2D eigenvalue weighted by Crippen LogP contribution is 2.30. The van der Waals surface area contributed by atoms with Gasteiger partial charge in [-0.15, -0.1) is 0 Å². The summed E-state index contributed by atoms with van der Waals surface area (Å²) in [5, 5.41) is 0.268. The van der Waals surface area contributed by atoms with Gasteiger partial charge in [-0.2, -0.15) is 13.2 Å². The molecule has 0 fully saturated rings. The van der Waals surface area contributed by atoms with Crippen molar-refractivity contribution in [3.63, 3.8) is 0 Å². The molecule has 0 bridgehead atoms. The summed E-state index contributed by atoms with van der Waals surface area (Å²) in [5.41, 5.74) is -1.03. The number of nitrogens with one attached hydrogen (secondary N) is 1. The summed E-state index contributed by atoms with van der Waals surface area (Å²) in [6.45, 7) is 1.55. The highest BCUT2D eigenvalue weighted by molar-refractivity contribution is 5.82. The minimum absolute atomic E-state index is 0.229. The molecule has 0 saturated carbocycles. The van der Waals surface area contributed by atoms with Gasteiger partial charge in [0.25, 0.3) is 0 Å². The van der Waals surface area contributed by atoms with Gasteiger partial charge in [0.2, 0.25) is 0 Å². The molecule has 0 spiro atoms. The highest BCUT2D eigenvalue weighted by Gasteiger charge is 2.35. The van der Waals surface area contributed by atoms with Crippen LogP contribution in [0.4, 0.5) is 13.2 Å². The van der Waals surface area contributed by atoms with Crippen molar-refractivity contribution >= 4 is 10.9 Å². The van der Waals surface area contributed by atoms with Crippen molar-refractivity contribution < 1.29 is 17.9 Å². The first-order chi connectivity index (χ1) is 9.36. The first kappa shape index (κ1) is 14.6. The first-order valence-corrected chi connectivity index (χ1v) is 6.07. The van der Waals surface area contributed by atoms with Crippen LogP contribution >= 0.6 is 0 Å². The summed E-state index contributed by atoms with van der Waals surface area (Å²) in [5.74, 6) is 0. The van der Waals surface area contributed by atoms with E-state index in [-0.39, 0.29) is 16.5 Å². The van der Waals surface area contributed by atoms with Crippen molar-refractivity contribution in [1.29, 1.82) is 0 Å². The average Bonchev–Trinajstić information content (AvgIpc) is 2.39. The summed E-state index contributed by atoms with van der Waals surface area (Å²) >= 11 is 0. The summed E-state index contributed by atoms with van der Waals surface area (Å²) in [7, 11) is 1.51. The van der Waals surface area contributed by atoms with Gasteiger partial charge in [-0.3, -0.25) is 4.79 Å². The van der Waals surface area contributed by atoms with E-state index in [9.17, 15) is 18.0 Å². The van der Waals surface area contributed by atoms with E-state index >= 15 is 0 Å². The Bertz CT molecular complexity index is 689. The zero-order valence-electron chi connectivity index (χ0n) is 11.1.